The quantitative estimate of drug-likeness (QED) is 0.527. The van der Waals surface area contributed by atoms with Crippen LogP contribution in [0.4, 0.5) is 0 Å². The van der Waals surface area contributed by atoms with E-state index in [4.69, 9.17) is 10.5 Å². The monoisotopic (exact) mass is 514 g/mol. The molecule has 6 nitrogen and oxygen atoms in total. The van der Waals surface area contributed by atoms with Crippen molar-refractivity contribution in [2.75, 3.05) is 0 Å². The molecule has 2 heterocycles. The summed E-state index contributed by atoms with van der Waals surface area (Å²) in [4.78, 5) is 0. The van der Waals surface area contributed by atoms with E-state index >= 15 is 0 Å². The van der Waals surface area contributed by atoms with Gasteiger partial charge in [0.2, 0.25) is 11.8 Å². The summed E-state index contributed by atoms with van der Waals surface area (Å²) in [6.45, 7) is 2.35. The van der Waals surface area contributed by atoms with Crippen molar-refractivity contribution in [1.82, 2.24) is 9.78 Å². The molecule has 146 valence electrons. The fraction of sp³-hybridized carbons (Fsp3) is 0.143. The Balaban J connectivity index is 1.92. The summed E-state index contributed by atoms with van der Waals surface area (Å²) in [5, 5.41) is 25.1. The first-order chi connectivity index (χ1) is 13.9. The number of allylic oxidation sites excluding steroid dienone is 1. The zero-order chi connectivity index (χ0) is 20.7. The Morgan fingerprint density at radius 1 is 1.28 bits per heavy atom. The Morgan fingerprint density at radius 2 is 2.00 bits per heavy atom. The topological polar surface area (TPSA) is 97.1 Å². The summed E-state index contributed by atoms with van der Waals surface area (Å²) in [5.41, 5.74) is 9.37. The van der Waals surface area contributed by atoms with Crippen LogP contribution in [0, 0.1) is 18.3 Å². The van der Waals surface area contributed by atoms with E-state index in [9.17, 15) is 10.4 Å². The number of phenols is 1. The molecule has 1 aromatic heterocycles. The van der Waals surface area contributed by atoms with Crippen LogP contribution in [0.2, 0.25) is 0 Å². The second-order valence-electron chi connectivity index (χ2n) is 6.70. The summed E-state index contributed by atoms with van der Waals surface area (Å²) >= 11 is 6.82. The fourth-order valence-electron chi connectivity index (χ4n) is 3.56. The Hall–Kier alpha value is -2.76. The van der Waals surface area contributed by atoms with E-state index in [1.807, 2.05) is 37.3 Å². The van der Waals surface area contributed by atoms with Crippen molar-refractivity contribution in [2.45, 2.75) is 19.4 Å². The maximum absolute atomic E-state index is 10.7. The highest BCUT2D eigenvalue weighted by Gasteiger charge is 2.37. The number of aryl methyl sites for hydroxylation is 1. The molecule has 0 spiro atoms. The molecule has 0 fully saturated rings. The van der Waals surface area contributed by atoms with Gasteiger partial charge in [0, 0.05) is 10.0 Å². The molecule has 0 aliphatic carbocycles. The van der Waals surface area contributed by atoms with Crippen LogP contribution in [0.1, 0.15) is 28.3 Å². The normalized spacial score (nSPS) is 15.6. The molecule has 0 amide bonds. The third kappa shape index (κ3) is 3.41. The Kier molecular flexibility index (Phi) is 5.11. The Labute approximate surface area is 184 Å². The first-order valence-corrected chi connectivity index (χ1v) is 10.4. The van der Waals surface area contributed by atoms with Crippen LogP contribution in [-0.2, 0) is 6.54 Å². The van der Waals surface area contributed by atoms with Crippen molar-refractivity contribution in [3.63, 3.8) is 0 Å². The summed E-state index contributed by atoms with van der Waals surface area (Å²) in [7, 11) is 0. The molecule has 2 aromatic carbocycles. The van der Waals surface area contributed by atoms with E-state index in [0.717, 1.165) is 10.0 Å². The van der Waals surface area contributed by atoms with Crippen molar-refractivity contribution < 1.29 is 9.84 Å². The number of halogens is 2. The first-order valence-electron chi connectivity index (χ1n) is 8.77. The number of hydrogen-bond acceptors (Lipinski definition) is 5. The fourth-order valence-corrected chi connectivity index (χ4v) is 4.82. The lowest BCUT2D eigenvalue weighted by Crippen LogP contribution is -2.22. The number of fused-ring (bicyclic) bond motifs is 1. The van der Waals surface area contributed by atoms with Crippen molar-refractivity contribution in [1.29, 1.82) is 5.26 Å². The van der Waals surface area contributed by atoms with Crippen molar-refractivity contribution in [3.8, 4) is 17.7 Å². The summed E-state index contributed by atoms with van der Waals surface area (Å²) in [6, 6.07) is 15.5. The lowest BCUT2D eigenvalue weighted by molar-refractivity contribution is 0.351. The number of aromatic hydroxyl groups is 1. The molecule has 0 saturated carbocycles. The van der Waals surface area contributed by atoms with E-state index in [2.05, 4.69) is 43.0 Å². The van der Waals surface area contributed by atoms with E-state index < -0.39 is 5.92 Å². The number of rotatable bonds is 3. The van der Waals surface area contributed by atoms with Gasteiger partial charge >= 0.3 is 0 Å². The minimum absolute atomic E-state index is 0.00899. The van der Waals surface area contributed by atoms with Crippen molar-refractivity contribution >= 4 is 31.9 Å². The summed E-state index contributed by atoms with van der Waals surface area (Å²) < 4.78 is 8.85. The van der Waals surface area contributed by atoms with Crippen LogP contribution in [0.5, 0.6) is 11.6 Å². The Bertz CT molecular complexity index is 1180. The van der Waals surface area contributed by atoms with Gasteiger partial charge in [-0.05, 0) is 40.5 Å². The van der Waals surface area contributed by atoms with E-state index in [1.54, 1.807) is 16.8 Å². The molecule has 4 rings (SSSR count). The van der Waals surface area contributed by atoms with Gasteiger partial charge in [-0.2, -0.15) is 10.4 Å². The SMILES string of the molecule is Cc1nn(Cc2ccccc2)c2c1C(c1cc(Br)cc(Br)c1O)C(C#N)=C(N)O2. The Morgan fingerprint density at radius 3 is 2.69 bits per heavy atom. The van der Waals surface area contributed by atoms with Crippen molar-refractivity contribution in [3.05, 3.63) is 85.3 Å². The van der Waals surface area contributed by atoms with Gasteiger partial charge in [-0.3, -0.25) is 0 Å². The molecular weight excluding hydrogens is 500 g/mol. The van der Waals surface area contributed by atoms with Gasteiger partial charge in [-0.15, -0.1) is 0 Å². The van der Waals surface area contributed by atoms with Gasteiger partial charge in [-0.1, -0.05) is 46.3 Å². The number of hydrogen-bond donors (Lipinski definition) is 2. The third-order valence-corrected chi connectivity index (χ3v) is 5.90. The van der Waals surface area contributed by atoms with Gasteiger partial charge < -0.3 is 15.6 Å². The van der Waals surface area contributed by atoms with Gasteiger partial charge in [0.15, 0.2) is 0 Å². The lowest BCUT2D eigenvalue weighted by atomic mass is 9.83. The highest BCUT2D eigenvalue weighted by molar-refractivity contribution is 9.11. The molecule has 1 aliphatic heterocycles. The van der Waals surface area contributed by atoms with Crippen LogP contribution < -0.4 is 10.5 Å². The average molecular weight is 516 g/mol. The number of nitriles is 1. The molecule has 1 atom stereocenters. The molecule has 0 bridgehead atoms. The predicted octanol–water partition coefficient (Wildman–Crippen LogP) is 4.69. The molecule has 0 saturated heterocycles. The number of phenolic OH excluding ortho intramolecular Hbond substituents is 1. The van der Waals surface area contributed by atoms with Gasteiger partial charge in [0.05, 0.1) is 28.2 Å². The maximum Gasteiger partial charge on any atom is 0.224 e. The van der Waals surface area contributed by atoms with Crippen LogP contribution >= 0.6 is 31.9 Å². The highest BCUT2D eigenvalue weighted by Crippen LogP contribution is 2.48. The van der Waals surface area contributed by atoms with E-state index in [0.29, 0.717) is 33.7 Å². The zero-order valence-corrected chi connectivity index (χ0v) is 18.5. The van der Waals surface area contributed by atoms with Crippen LogP contribution in [0.15, 0.2) is 62.9 Å². The minimum Gasteiger partial charge on any atom is -0.506 e. The second-order valence-corrected chi connectivity index (χ2v) is 8.47. The molecule has 29 heavy (non-hydrogen) atoms. The maximum atomic E-state index is 10.7. The average Bonchev–Trinajstić information content (AvgIpc) is 2.99. The minimum atomic E-state index is -0.595. The number of nitrogens with two attached hydrogens (primary N) is 1. The van der Waals surface area contributed by atoms with Crippen LogP contribution in [0.25, 0.3) is 0 Å². The molecule has 3 N–H and O–H groups in total. The van der Waals surface area contributed by atoms with Gasteiger partial charge in [-0.25, -0.2) is 4.68 Å². The summed E-state index contributed by atoms with van der Waals surface area (Å²) in [5.74, 6) is -0.0676. The first kappa shape index (κ1) is 19.6. The van der Waals surface area contributed by atoms with Gasteiger partial charge in [0.25, 0.3) is 0 Å². The third-order valence-electron chi connectivity index (χ3n) is 4.84. The molecule has 3 aromatic rings. The smallest absolute Gasteiger partial charge is 0.224 e. The van der Waals surface area contributed by atoms with E-state index in [1.165, 1.54) is 0 Å². The largest absolute Gasteiger partial charge is 0.506 e. The molecule has 1 aliphatic rings. The molecule has 8 heteroatoms. The van der Waals surface area contributed by atoms with Crippen LogP contribution in [0.3, 0.4) is 0 Å². The second kappa shape index (κ2) is 7.58. The summed E-state index contributed by atoms with van der Waals surface area (Å²) in [6.07, 6.45) is 0. The standard InChI is InChI=1S/C21H16Br2N4O2/c1-11-17-18(14-7-13(22)8-16(23)19(14)28)15(9-24)20(25)29-21(17)27(26-11)10-12-5-3-2-4-6-12/h2-8,18,28H,10,25H2,1H3. The molecule has 0 radical (unpaired) electrons. The van der Waals surface area contributed by atoms with E-state index in [-0.39, 0.29) is 17.2 Å². The number of ether oxygens (including phenoxy) is 1. The lowest BCUT2D eigenvalue weighted by Gasteiger charge is -2.26. The molecule has 1 unspecified atom stereocenters. The predicted molar refractivity (Wildman–Crippen MR) is 115 cm³/mol. The van der Waals surface area contributed by atoms with Gasteiger partial charge in [0.1, 0.15) is 17.4 Å². The molecular formula is C21H16Br2N4O2. The number of nitrogens with zero attached hydrogens (tertiary/aromatic N) is 3. The highest BCUT2D eigenvalue weighted by atomic mass is 79.9. The number of aromatic nitrogens is 2. The van der Waals surface area contributed by atoms with Crippen molar-refractivity contribution in [2.24, 2.45) is 5.73 Å². The number of benzene rings is 2. The van der Waals surface area contributed by atoms with Crippen LogP contribution in [-0.4, -0.2) is 14.9 Å². The zero-order valence-electron chi connectivity index (χ0n) is 15.4.